The maximum atomic E-state index is 4.52. The Bertz CT molecular complexity index is 548. The molecule has 3 nitrogen and oxygen atoms in total. The molecule has 1 fully saturated rings. The Kier molecular flexibility index (Phi) is 3.63. The number of nitrogens with zero attached hydrogens (tertiary/aromatic N) is 3. The van der Waals surface area contributed by atoms with Crippen LogP contribution >= 0.6 is 22.6 Å². The van der Waals surface area contributed by atoms with Crippen molar-refractivity contribution in [1.29, 1.82) is 0 Å². The summed E-state index contributed by atoms with van der Waals surface area (Å²) in [6.07, 6.45) is 6.92. The first-order chi connectivity index (χ1) is 8.84. The average Bonchev–Trinajstić information content (AvgIpc) is 2.67. The van der Waals surface area contributed by atoms with Crippen molar-refractivity contribution in [2.24, 2.45) is 0 Å². The van der Waals surface area contributed by atoms with Gasteiger partial charge in [0.2, 0.25) is 0 Å². The highest BCUT2D eigenvalue weighted by atomic mass is 127. The molecule has 2 aromatic rings. The molecule has 4 heteroatoms. The van der Waals surface area contributed by atoms with Crippen molar-refractivity contribution in [1.82, 2.24) is 9.97 Å². The molecule has 18 heavy (non-hydrogen) atoms. The fourth-order valence-corrected chi connectivity index (χ4v) is 3.04. The molecule has 0 spiro atoms. The number of rotatable bonds is 1. The zero-order chi connectivity index (χ0) is 12.4. The number of aromatic nitrogens is 2. The maximum absolute atomic E-state index is 4.52. The van der Waals surface area contributed by atoms with Crippen molar-refractivity contribution >= 4 is 39.3 Å². The maximum Gasteiger partial charge on any atom is 0.139 e. The fraction of sp³-hybridized carbons (Fsp3) is 0.429. The Morgan fingerprint density at radius 3 is 2.56 bits per heavy atom. The van der Waals surface area contributed by atoms with Crippen molar-refractivity contribution in [3.05, 3.63) is 28.1 Å². The number of anilines is 1. The van der Waals surface area contributed by atoms with Crippen LogP contribution in [0.1, 0.15) is 25.7 Å². The van der Waals surface area contributed by atoms with Crippen LogP contribution in [-0.4, -0.2) is 23.1 Å². The largest absolute Gasteiger partial charge is 0.356 e. The molecule has 0 unspecified atom stereocenters. The second-order valence-electron chi connectivity index (χ2n) is 4.76. The Hall–Kier alpha value is -0.910. The molecule has 0 amide bonds. The van der Waals surface area contributed by atoms with Crippen LogP contribution in [-0.2, 0) is 0 Å². The molecule has 0 N–H and O–H groups in total. The summed E-state index contributed by atoms with van der Waals surface area (Å²) in [5, 5.41) is 1.19. The van der Waals surface area contributed by atoms with E-state index >= 15 is 0 Å². The van der Waals surface area contributed by atoms with Crippen molar-refractivity contribution in [3.63, 3.8) is 0 Å². The van der Waals surface area contributed by atoms with Gasteiger partial charge in [-0.05, 0) is 53.6 Å². The van der Waals surface area contributed by atoms with Crippen LogP contribution in [0.2, 0.25) is 0 Å². The molecule has 0 saturated carbocycles. The zero-order valence-electron chi connectivity index (χ0n) is 10.3. The van der Waals surface area contributed by atoms with Crippen LogP contribution in [0.3, 0.4) is 0 Å². The van der Waals surface area contributed by atoms with Crippen LogP contribution in [0.15, 0.2) is 24.5 Å². The van der Waals surface area contributed by atoms with Gasteiger partial charge in [0.15, 0.2) is 0 Å². The first-order valence-electron chi connectivity index (χ1n) is 6.50. The van der Waals surface area contributed by atoms with Gasteiger partial charge in [0.05, 0.1) is 5.52 Å². The lowest BCUT2D eigenvalue weighted by atomic mass is 10.2. The average molecular weight is 353 g/mol. The van der Waals surface area contributed by atoms with Gasteiger partial charge < -0.3 is 4.90 Å². The third-order valence-electron chi connectivity index (χ3n) is 3.48. The van der Waals surface area contributed by atoms with Gasteiger partial charge in [-0.15, -0.1) is 0 Å². The van der Waals surface area contributed by atoms with Crippen molar-refractivity contribution in [3.8, 4) is 0 Å². The highest BCUT2D eigenvalue weighted by Crippen LogP contribution is 2.26. The summed E-state index contributed by atoms with van der Waals surface area (Å²) in [7, 11) is 0. The molecule has 1 aromatic heterocycles. The van der Waals surface area contributed by atoms with Gasteiger partial charge in [-0.25, -0.2) is 9.97 Å². The second-order valence-corrected chi connectivity index (χ2v) is 6.01. The van der Waals surface area contributed by atoms with Gasteiger partial charge >= 0.3 is 0 Å². The van der Waals surface area contributed by atoms with E-state index in [1.807, 2.05) is 0 Å². The summed E-state index contributed by atoms with van der Waals surface area (Å²) < 4.78 is 1.24. The van der Waals surface area contributed by atoms with E-state index in [4.69, 9.17) is 0 Å². The first-order valence-corrected chi connectivity index (χ1v) is 7.58. The number of fused-ring (bicyclic) bond motifs is 1. The Morgan fingerprint density at radius 1 is 1.00 bits per heavy atom. The van der Waals surface area contributed by atoms with Crippen LogP contribution in [0.4, 0.5) is 5.82 Å². The number of hydrogen-bond acceptors (Lipinski definition) is 3. The number of hydrogen-bond donors (Lipinski definition) is 0. The molecular formula is C14H16IN3. The SMILES string of the molecule is Ic1ccc2ncnc(N3CCCCCC3)c2c1. The van der Waals surface area contributed by atoms with Gasteiger partial charge in [-0.2, -0.15) is 0 Å². The minimum Gasteiger partial charge on any atom is -0.356 e. The van der Waals surface area contributed by atoms with E-state index in [0.29, 0.717) is 0 Å². The lowest BCUT2D eigenvalue weighted by molar-refractivity contribution is 0.726. The van der Waals surface area contributed by atoms with Crippen molar-refractivity contribution in [2.45, 2.75) is 25.7 Å². The molecular weight excluding hydrogens is 337 g/mol. The normalized spacial score (nSPS) is 16.8. The molecule has 0 atom stereocenters. The van der Waals surface area contributed by atoms with Crippen LogP contribution < -0.4 is 4.90 Å². The minimum atomic E-state index is 1.05. The van der Waals surface area contributed by atoms with Gasteiger partial charge in [0.1, 0.15) is 12.1 Å². The van der Waals surface area contributed by atoms with E-state index < -0.39 is 0 Å². The standard InChI is InChI=1S/C14H16IN3/c15-11-5-6-13-12(9-11)14(17-10-16-13)18-7-3-1-2-4-8-18/h5-6,9-10H,1-4,7-8H2. The molecule has 0 radical (unpaired) electrons. The van der Waals surface area contributed by atoms with Gasteiger partial charge in [0.25, 0.3) is 0 Å². The van der Waals surface area contributed by atoms with Crippen LogP contribution in [0.5, 0.6) is 0 Å². The van der Waals surface area contributed by atoms with E-state index in [0.717, 1.165) is 24.4 Å². The van der Waals surface area contributed by atoms with Gasteiger partial charge in [-0.1, -0.05) is 12.8 Å². The lowest BCUT2D eigenvalue weighted by Gasteiger charge is -2.22. The van der Waals surface area contributed by atoms with E-state index in [1.165, 1.54) is 34.6 Å². The summed E-state index contributed by atoms with van der Waals surface area (Å²) in [5.74, 6) is 1.11. The molecule has 1 aromatic carbocycles. The molecule has 1 aliphatic rings. The predicted octanol–water partition coefficient (Wildman–Crippen LogP) is 3.61. The van der Waals surface area contributed by atoms with Crippen LogP contribution in [0.25, 0.3) is 10.9 Å². The highest BCUT2D eigenvalue weighted by molar-refractivity contribution is 14.1. The third-order valence-corrected chi connectivity index (χ3v) is 4.15. The molecule has 2 heterocycles. The Labute approximate surface area is 121 Å². The fourth-order valence-electron chi connectivity index (χ4n) is 2.55. The molecule has 0 bridgehead atoms. The zero-order valence-corrected chi connectivity index (χ0v) is 12.4. The number of halogens is 1. The van der Waals surface area contributed by atoms with Crippen LogP contribution in [0, 0.1) is 3.57 Å². The monoisotopic (exact) mass is 353 g/mol. The lowest BCUT2D eigenvalue weighted by Crippen LogP contribution is -2.25. The molecule has 3 rings (SSSR count). The van der Waals surface area contributed by atoms with Gasteiger partial charge in [-0.3, -0.25) is 0 Å². The molecule has 0 aliphatic carbocycles. The van der Waals surface area contributed by atoms with E-state index in [9.17, 15) is 0 Å². The van der Waals surface area contributed by atoms with E-state index in [1.54, 1.807) is 6.33 Å². The summed E-state index contributed by atoms with van der Waals surface area (Å²) in [5.41, 5.74) is 1.05. The van der Waals surface area contributed by atoms with Crippen molar-refractivity contribution in [2.75, 3.05) is 18.0 Å². The Morgan fingerprint density at radius 2 is 1.78 bits per heavy atom. The number of benzene rings is 1. The van der Waals surface area contributed by atoms with E-state index in [-0.39, 0.29) is 0 Å². The smallest absolute Gasteiger partial charge is 0.139 e. The summed E-state index contributed by atoms with van der Waals surface area (Å²) in [6.45, 7) is 2.25. The summed E-state index contributed by atoms with van der Waals surface area (Å²) >= 11 is 2.35. The predicted molar refractivity (Wildman–Crippen MR) is 82.9 cm³/mol. The first kappa shape index (κ1) is 12.1. The molecule has 1 saturated heterocycles. The minimum absolute atomic E-state index is 1.05. The highest BCUT2D eigenvalue weighted by Gasteiger charge is 2.14. The quantitative estimate of drug-likeness (QED) is 0.734. The van der Waals surface area contributed by atoms with Gasteiger partial charge in [0, 0.05) is 22.0 Å². The Balaban J connectivity index is 2.06. The molecule has 94 valence electrons. The summed E-state index contributed by atoms with van der Waals surface area (Å²) in [6, 6.07) is 6.37. The topological polar surface area (TPSA) is 29.0 Å². The molecule has 1 aliphatic heterocycles. The van der Waals surface area contributed by atoms with Crippen molar-refractivity contribution < 1.29 is 0 Å². The third kappa shape index (κ3) is 2.43. The summed E-state index contributed by atoms with van der Waals surface area (Å²) in [4.78, 5) is 11.3. The second kappa shape index (κ2) is 5.38. The van der Waals surface area contributed by atoms with E-state index in [2.05, 4.69) is 55.7 Å².